The monoisotopic (exact) mass is 260 g/mol. The van der Waals surface area contributed by atoms with E-state index >= 15 is 0 Å². The van der Waals surface area contributed by atoms with Gasteiger partial charge in [0.1, 0.15) is 11.9 Å². The SMILES string of the molecule is CC1CCC(O)(CNc2ccc(N)c(C#N)n2)CC1. The number of nitrogen functional groups attached to an aromatic ring is 1. The Balaban J connectivity index is 1.97. The average molecular weight is 260 g/mol. The van der Waals surface area contributed by atoms with E-state index in [4.69, 9.17) is 11.0 Å². The number of hydrogen-bond acceptors (Lipinski definition) is 5. The Morgan fingerprint density at radius 3 is 2.84 bits per heavy atom. The van der Waals surface area contributed by atoms with Gasteiger partial charge in [-0.2, -0.15) is 5.26 Å². The van der Waals surface area contributed by atoms with E-state index in [9.17, 15) is 5.11 Å². The summed E-state index contributed by atoms with van der Waals surface area (Å²) in [7, 11) is 0. The smallest absolute Gasteiger partial charge is 0.165 e. The Morgan fingerprint density at radius 1 is 1.53 bits per heavy atom. The highest BCUT2D eigenvalue weighted by Crippen LogP contribution is 2.31. The standard InChI is InChI=1S/C14H20N4O/c1-10-4-6-14(19,7-5-10)9-17-13-3-2-11(16)12(8-15)18-13/h2-3,10,19H,4-7,9,16H2,1H3,(H,17,18). The number of hydrogen-bond donors (Lipinski definition) is 3. The van der Waals surface area contributed by atoms with Crippen molar-refractivity contribution in [2.24, 2.45) is 5.92 Å². The first-order valence-electron chi connectivity index (χ1n) is 6.65. The van der Waals surface area contributed by atoms with Gasteiger partial charge < -0.3 is 16.2 Å². The molecule has 0 atom stereocenters. The van der Waals surface area contributed by atoms with Gasteiger partial charge in [-0.25, -0.2) is 4.98 Å². The van der Waals surface area contributed by atoms with Crippen LogP contribution in [0, 0.1) is 17.2 Å². The third kappa shape index (κ3) is 3.36. The molecular formula is C14H20N4O. The van der Waals surface area contributed by atoms with Gasteiger partial charge in [-0.15, -0.1) is 0 Å². The highest BCUT2D eigenvalue weighted by Gasteiger charge is 2.31. The fourth-order valence-corrected chi connectivity index (χ4v) is 2.39. The Bertz CT molecular complexity index is 487. The van der Waals surface area contributed by atoms with E-state index in [0.29, 0.717) is 24.0 Å². The van der Waals surface area contributed by atoms with Gasteiger partial charge in [0.25, 0.3) is 0 Å². The Kier molecular flexibility index (Phi) is 3.91. The highest BCUT2D eigenvalue weighted by atomic mass is 16.3. The summed E-state index contributed by atoms with van der Waals surface area (Å²) in [6, 6.07) is 5.33. The lowest BCUT2D eigenvalue weighted by molar-refractivity contribution is 0.00495. The zero-order chi connectivity index (χ0) is 13.9. The average Bonchev–Trinajstić information content (AvgIpc) is 2.42. The van der Waals surface area contributed by atoms with Crippen molar-refractivity contribution in [1.82, 2.24) is 4.98 Å². The lowest BCUT2D eigenvalue weighted by atomic mass is 9.79. The minimum Gasteiger partial charge on any atom is -0.396 e. The van der Waals surface area contributed by atoms with Crippen LogP contribution in [0.4, 0.5) is 11.5 Å². The second-order valence-electron chi connectivity index (χ2n) is 5.51. The molecule has 5 nitrogen and oxygen atoms in total. The largest absolute Gasteiger partial charge is 0.396 e. The van der Waals surface area contributed by atoms with Crippen LogP contribution in [0.5, 0.6) is 0 Å². The van der Waals surface area contributed by atoms with Crippen molar-refractivity contribution in [2.75, 3.05) is 17.6 Å². The Labute approximate surface area is 113 Å². The molecule has 1 heterocycles. The molecule has 1 aliphatic rings. The lowest BCUT2D eigenvalue weighted by Gasteiger charge is -2.35. The summed E-state index contributed by atoms with van der Waals surface area (Å²) in [5, 5.41) is 22.4. The number of nitriles is 1. The molecule has 4 N–H and O–H groups in total. The number of nitrogens with zero attached hydrogens (tertiary/aromatic N) is 2. The van der Waals surface area contributed by atoms with Crippen LogP contribution < -0.4 is 11.1 Å². The summed E-state index contributed by atoms with van der Waals surface area (Å²) in [6.45, 7) is 2.68. The molecule has 102 valence electrons. The fraction of sp³-hybridized carbons (Fsp3) is 0.571. The second kappa shape index (κ2) is 5.45. The quantitative estimate of drug-likeness (QED) is 0.771. The first-order chi connectivity index (χ1) is 9.02. The predicted molar refractivity (Wildman–Crippen MR) is 74.4 cm³/mol. The van der Waals surface area contributed by atoms with Crippen molar-refractivity contribution in [2.45, 2.75) is 38.2 Å². The molecule has 1 aromatic heterocycles. The van der Waals surface area contributed by atoms with E-state index in [2.05, 4.69) is 17.2 Å². The van der Waals surface area contributed by atoms with Crippen molar-refractivity contribution >= 4 is 11.5 Å². The third-order valence-corrected chi connectivity index (χ3v) is 3.84. The number of anilines is 2. The first kappa shape index (κ1) is 13.6. The maximum absolute atomic E-state index is 10.5. The Hall–Kier alpha value is -1.80. The molecule has 5 heteroatoms. The van der Waals surface area contributed by atoms with Gasteiger partial charge in [0, 0.05) is 6.54 Å². The molecule has 1 saturated carbocycles. The summed E-state index contributed by atoms with van der Waals surface area (Å²) in [5.74, 6) is 1.28. The third-order valence-electron chi connectivity index (χ3n) is 3.84. The number of aromatic nitrogens is 1. The van der Waals surface area contributed by atoms with Gasteiger partial charge in [0.15, 0.2) is 5.69 Å². The summed E-state index contributed by atoms with van der Waals surface area (Å²) >= 11 is 0. The molecule has 1 aromatic rings. The first-order valence-corrected chi connectivity index (χ1v) is 6.65. The summed E-state index contributed by atoms with van der Waals surface area (Å²) in [5.41, 5.74) is 5.54. The zero-order valence-electron chi connectivity index (χ0n) is 11.2. The lowest BCUT2D eigenvalue weighted by Crippen LogP contribution is -2.40. The molecule has 2 rings (SSSR count). The molecule has 0 spiro atoms. The number of nitrogens with two attached hydrogens (primary N) is 1. The Morgan fingerprint density at radius 2 is 2.21 bits per heavy atom. The number of aliphatic hydroxyl groups is 1. The highest BCUT2D eigenvalue weighted by molar-refractivity contribution is 5.54. The van der Waals surface area contributed by atoms with E-state index in [1.54, 1.807) is 12.1 Å². The summed E-state index contributed by atoms with van der Waals surface area (Å²) < 4.78 is 0. The van der Waals surface area contributed by atoms with E-state index < -0.39 is 5.60 Å². The van der Waals surface area contributed by atoms with E-state index in [0.717, 1.165) is 25.7 Å². The molecule has 0 saturated heterocycles. The number of rotatable bonds is 3. The van der Waals surface area contributed by atoms with Crippen molar-refractivity contribution < 1.29 is 5.11 Å². The van der Waals surface area contributed by atoms with Crippen LogP contribution in [0.25, 0.3) is 0 Å². The molecule has 0 aliphatic heterocycles. The maximum Gasteiger partial charge on any atom is 0.165 e. The number of nitrogens with one attached hydrogen (secondary N) is 1. The van der Waals surface area contributed by atoms with Crippen LogP contribution in [0.3, 0.4) is 0 Å². The minimum absolute atomic E-state index is 0.217. The van der Waals surface area contributed by atoms with E-state index in [1.165, 1.54) is 0 Å². The molecule has 0 bridgehead atoms. The molecule has 0 aromatic carbocycles. The van der Waals surface area contributed by atoms with Crippen LogP contribution in [0.1, 0.15) is 38.3 Å². The molecule has 1 aliphatic carbocycles. The van der Waals surface area contributed by atoms with Crippen molar-refractivity contribution in [3.8, 4) is 6.07 Å². The molecule has 0 radical (unpaired) electrons. The van der Waals surface area contributed by atoms with Crippen LogP contribution in [0.15, 0.2) is 12.1 Å². The maximum atomic E-state index is 10.5. The minimum atomic E-state index is -0.664. The zero-order valence-corrected chi connectivity index (χ0v) is 11.2. The molecular weight excluding hydrogens is 240 g/mol. The van der Waals surface area contributed by atoms with Gasteiger partial charge >= 0.3 is 0 Å². The molecule has 19 heavy (non-hydrogen) atoms. The van der Waals surface area contributed by atoms with Crippen molar-refractivity contribution in [3.05, 3.63) is 17.8 Å². The van der Waals surface area contributed by atoms with Gasteiger partial charge in [-0.05, 0) is 43.7 Å². The predicted octanol–water partition coefficient (Wildman–Crippen LogP) is 1.89. The topological polar surface area (TPSA) is 95.0 Å². The van der Waals surface area contributed by atoms with Crippen molar-refractivity contribution in [1.29, 1.82) is 5.26 Å². The van der Waals surface area contributed by atoms with Crippen LogP contribution >= 0.6 is 0 Å². The van der Waals surface area contributed by atoms with E-state index in [1.807, 2.05) is 6.07 Å². The van der Waals surface area contributed by atoms with Gasteiger partial charge in [0.05, 0.1) is 11.3 Å². The second-order valence-corrected chi connectivity index (χ2v) is 5.51. The normalized spacial score (nSPS) is 26.7. The summed E-state index contributed by atoms with van der Waals surface area (Å²) in [4.78, 5) is 4.11. The van der Waals surface area contributed by atoms with Gasteiger partial charge in [0.2, 0.25) is 0 Å². The van der Waals surface area contributed by atoms with Crippen LogP contribution in [0.2, 0.25) is 0 Å². The molecule has 0 amide bonds. The van der Waals surface area contributed by atoms with Crippen molar-refractivity contribution in [3.63, 3.8) is 0 Å². The molecule has 1 fully saturated rings. The van der Waals surface area contributed by atoms with Gasteiger partial charge in [-0.1, -0.05) is 6.92 Å². The van der Waals surface area contributed by atoms with Crippen LogP contribution in [-0.4, -0.2) is 22.2 Å². The summed E-state index contributed by atoms with van der Waals surface area (Å²) in [6.07, 6.45) is 3.72. The van der Waals surface area contributed by atoms with Crippen LogP contribution in [-0.2, 0) is 0 Å². The fourth-order valence-electron chi connectivity index (χ4n) is 2.39. The van der Waals surface area contributed by atoms with Gasteiger partial charge in [-0.3, -0.25) is 0 Å². The number of pyridine rings is 1. The molecule has 0 unspecified atom stereocenters. The van der Waals surface area contributed by atoms with E-state index in [-0.39, 0.29) is 5.69 Å².